The van der Waals surface area contributed by atoms with Crippen LogP contribution in [0.25, 0.3) is 0 Å². The molecule has 0 fully saturated rings. The van der Waals surface area contributed by atoms with Crippen LogP contribution in [0.15, 0.2) is 42.5 Å². The zero-order valence-corrected chi connectivity index (χ0v) is 13.4. The fourth-order valence-corrected chi connectivity index (χ4v) is 2.72. The Morgan fingerprint density at radius 2 is 1.81 bits per heavy atom. The summed E-state index contributed by atoms with van der Waals surface area (Å²) in [5, 5.41) is 3.40. The van der Waals surface area contributed by atoms with Crippen LogP contribution in [0, 0.1) is 6.92 Å². The van der Waals surface area contributed by atoms with E-state index in [1.54, 1.807) is 7.11 Å². The summed E-state index contributed by atoms with van der Waals surface area (Å²) >= 11 is 0. The fourth-order valence-electron chi connectivity index (χ4n) is 2.72. The van der Waals surface area contributed by atoms with Gasteiger partial charge in [-0.15, -0.1) is 0 Å². The van der Waals surface area contributed by atoms with E-state index in [1.807, 2.05) is 7.05 Å². The van der Waals surface area contributed by atoms with Crippen LogP contribution >= 0.6 is 0 Å². The Labute approximate surface area is 128 Å². The van der Waals surface area contributed by atoms with Gasteiger partial charge in [-0.2, -0.15) is 0 Å². The topological polar surface area (TPSA) is 21.3 Å². The molecule has 112 valence electrons. The van der Waals surface area contributed by atoms with Crippen molar-refractivity contribution in [2.45, 2.75) is 32.7 Å². The van der Waals surface area contributed by atoms with E-state index in [0.717, 1.165) is 12.2 Å². The van der Waals surface area contributed by atoms with E-state index in [4.69, 9.17) is 4.74 Å². The number of hydrogen-bond acceptors (Lipinski definition) is 2. The van der Waals surface area contributed by atoms with Crippen molar-refractivity contribution in [1.29, 1.82) is 0 Å². The summed E-state index contributed by atoms with van der Waals surface area (Å²) in [6.45, 7) is 4.29. The Kier molecular flexibility index (Phi) is 5.40. The average molecular weight is 283 g/mol. The van der Waals surface area contributed by atoms with Crippen LogP contribution in [0.4, 0.5) is 0 Å². The minimum Gasteiger partial charge on any atom is -0.496 e. The van der Waals surface area contributed by atoms with Crippen molar-refractivity contribution in [3.8, 4) is 5.75 Å². The van der Waals surface area contributed by atoms with Crippen molar-refractivity contribution in [2.75, 3.05) is 14.2 Å². The number of rotatable bonds is 6. The molecule has 0 aromatic heterocycles. The van der Waals surface area contributed by atoms with E-state index in [-0.39, 0.29) is 6.04 Å². The Balaban J connectivity index is 2.35. The van der Waals surface area contributed by atoms with Crippen molar-refractivity contribution in [1.82, 2.24) is 5.32 Å². The van der Waals surface area contributed by atoms with Crippen molar-refractivity contribution in [2.24, 2.45) is 0 Å². The standard InChI is InChI=1S/C19H25NO/c1-5-6-15-8-10-16(11-9-15)19(20-3)17-12-7-14(2)13-18(17)21-4/h7-13,19-20H,5-6H2,1-4H3. The van der Waals surface area contributed by atoms with Gasteiger partial charge < -0.3 is 10.1 Å². The first-order chi connectivity index (χ1) is 10.2. The van der Waals surface area contributed by atoms with Gasteiger partial charge in [0.25, 0.3) is 0 Å². The fraction of sp³-hybridized carbons (Fsp3) is 0.368. The number of nitrogens with one attached hydrogen (secondary N) is 1. The van der Waals surface area contributed by atoms with E-state index >= 15 is 0 Å². The molecule has 2 nitrogen and oxygen atoms in total. The molecule has 0 aliphatic rings. The third kappa shape index (κ3) is 3.64. The zero-order valence-electron chi connectivity index (χ0n) is 13.4. The smallest absolute Gasteiger partial charge is 0.124 e. The Hall–Kier alpha value is -1.80. The zero-order chi connectivity index (χ0) is 15.2. The minimum atomic E-state index is 0.149. The van der Waals surface area contributed by atoms with Gasteiger partial charge in [-0.25, -0.2) is 0 Å². The van der Waals surface area contributed by atoms with Gasteiger partial charge >= 0.3 is 0 Å². The van der Waals surface area contributed by atoms with E-state index in [1.165, 1.54) is 28.7 Å². The lowest BCUT2D eigenvalue weighted by Crippen LogP contribution is -2.18. The van der Waals surface area contributed by atoms with Crippen LogP contribution in [0.3, 0.4) is 0 Å². The maximum absolute atomic E-state index is 5.55. The second-order valence-corrected chi connectivity index (χ2v) is 5.46. The van der Waals surface area contributed by atoms with Crippen LogP contribution in [-0.2, 0) is 6.42 Å². The van der Waals surface area contributed by atoms with Crippen LogP contribution < -0.4 is 10.1 Å². The molecule has 2 aromatic rings. The number of ether oxygens (including phenoxy) is 1. The average Bonchev–Trinajstić information content (AvgIpc) is 2.51. The first kappa shape index (κ1) is 15.6. The second-order valence-electron chi connectivity index (χ2n) is 5.46. The van der Waals surface area contributed by atoms with Crippen LogP contribution in [0.5, 0.6) is 5.75 Å². The van der Waals surface area contributed by atoms with Crippen LogP contribution in [-0.4, -0.2) is 14.2 Å². The molecule has 0 amide bonds. The van der Waals surface area contributed by atoms with E-state index in [0.29, 0.717) is 0 Å². The van der Waals surface area contributed by atoms with Gasteiger partial charge in [0.1, 0.15) is 5.75 Å². The molecular weight excluding hydrogens is 258 g/mol. The van der Waals surface area contributed by atoms with Crippen LogP contribution in [0.2, 0.25) is 0 Å². The summed E-state index contributed by atoms with van der Waals surface area (Å²) in [6, 6.07) is 15.4. The lowest BCUT2D eigenvalue weighted by Gasteiger charge is -2.20. The summed E-state index contributed by atoms with van der Waals surface area (Å²) in [7, 11) is 3.72. The second kappa shape index (κ2) is 7.28. The molecule has 0 heterocycles. The molecule has 1 N–H and O–H groups in total. The number of methoxy groups -OCH3 is 1. The lowest BCUT2D eigenvalue weighted by atomic mass is 9.95. The first-order valence-electron chi connectivity index (χ1n) is 7.60. The highest BCUT2D eigenvalue weighted by molar-refractivity contribution is 5.44. The highest BCUT2D eigenvalue weighted by Gasteiger charge is 2.16. The van der Waals surface area contributed by atoms with E-state index in [9.17, 15) is 0 Å². The number of benzene rings is 2. The molecule has 2 heteroatoms. The monoisotopic (exact) mass is 283 g/mol. The van der Waals surface area contributed by atoms with E-state index < -0.39 is 0 Å². The molecule has 21 heavy (non-hydrogen) atoms. The van der Waals surface area contributed by atoms with Gasteiger partial charge in [0.15, 0.2) is 0 Å². The lowest BCUT2D eigenvalue weighted by molar-refractivity contribution is 0.405. The van der Waals surface area contributed by atoms with Gasteiger partial charge in [-0.1, -0.05) is 49.7 Å². The van der Waals surface area contributed by atoms with Crippen molar-refractivity contribution < 1.29 is 4.74 Å². The molecule has 2 rings (SSSR count). The third-order valence-electron chi connectivity index (χ3n) is 3.84. The van der Waals surface area contributed by atoms with Gasteiger partial charge in [0.2, 0.25) is 0 Å². The minimum absolute atomic E-state index is 0.149. The Morgan fingerprint density at radius 1 is 1.10 bits per heavy atom. The highest BCUT2D eigenvalue weighted by Crippen LogP contribution is 2.30. The maximum Gasteiger partial charge on any atom is 0.124 e. The maximum atomic E-state index is 5.55. The van der Waals surface area contributed by atoms with Crippen molar-refractivity contribution >= 4 is 0 Å². The summed E-state index contributed by atoms with van der Waals surface area (Å²) in [4.78, 5) is 0. The number of hydrogen-bond donors (Lipinski definition) is 1. The van der Waals surface area contributed by atoms with Crippen LogP contribution in [0.1, 0.15) is 41.6 Å². The van der Waals surface area contributed by atoms with E-state index in [2.05, 4.69) is 61.6 Å². The SMILES string of the molecule is CCCc1ccc(C(NC)c2ccc(C)cc2OC)cc1. The molecule has 0 saturated heterocycles. The van der Waals surface area contributed by atoms with Gasteiger partial charge in [0, 0.05) is 5.56 Å². The summed E-state index contributed by atoms with van der Waals surface area (Å²) < 4.78 is 5.55. The van der Waals surface area contributed by atoms with Gasteiger partial charge in [-0.3, -0.25) is 0 Å². The van der Waals surface area contributed by atoms with Gasteiger partial charge in [0.05, 0.1) is 13.2 Å². The molecular formula is C19H25NO. The normalized spacial score (nSPS) is 12.2. The predicted molar refractivity (Wildman–Crippen MR) is 89.1 cm³/mol. The van der Waals surface area contributed by atoms with Crippen molar-refractivity contribution in [3.63, 3.8) is 0 Å². The first-order valence-corrected chi connectivity index (χ1v) is 7.60. The molecule has 0 radical (unpaired) electrons. The molecule has 0 aliphatic heterocycles. The molecule has 1 atom stereocenters. The molecule has 0 saturated carbocycles. The number of aryl methyl sites for hydroxylation is 2. The third-order valence-corrected chi connectivity index (χ3v) is 3.84. The summed E-state index contributed by atoms with van der Waals surface area (Å²) in [6.07, 6.45) is 2.32. The largest absolute Gasteiger partial charge is 0.496 e. The molecule has 2 aromatic carbocycles. The summed E-state index contributed by atoms with van der Waals surface area (Å²) in [5.41, 5.74) is 5.05. The Morgan fingerprint density at radius 3 is 2.38 bits per heavy atom. The van der Waals surface area contributed by atoms with Crippen molar-refractivity contribution in [3.05, 3.63) is 64.7 Å². The molecule has 0 bridgehead atoms. The quantitative estimate of drug-likeness (QED) is 0.855. The highest BCUT2D eigenvalue weighted by atomic mass is 16.5. The van der Waals surface area contributed by atoms with Gasteiger partial charge in [-0.05, 0) is 43.1 Å². The predicted octanol–water partition coefficient (Wildman–Crippen LogP) is 4.26. The molecule has 0 spiro atoms. The molecule has 1 unspecified atom stereocenters. The molecule has 0 aliphatic carbocycles. The Bertz CT molecular complexity index is 575. The summed E-state index contributed by atoms with van der Waals surface area (Å²) in [5.74, 6) is 0.937.